The highest BCUT2D eigenvalue weighted by Crippen LogP contribution is 2.32. The third-order valence-electron chi connectivity index (χ3n) is 5.15. The van der Waals surface area contributed by atoms with Crippen molar-refractivity contribution in [2.75, 3.05) is 26.0 Å². The van der Waals surface area contributed by atoms with Crippen molar-refractivity contribution < 1.29 is 32.3 Å². The number of aryl methyl sites for hydroxylation is 1. The van der Waals surface area contributed by atoms with Gasteiger partial charge in [0, 0.05) is 14.1 Å². The van der Waals surface area contributed by atoms with Crippen LogP contribution in [0.3, 0.4) is 0 Å². The molecule has 1 aromatic carbocycles. The Morgan fingerprint density at radius 3 is 2.49 bits per heavy atom. The lowest BCUT2D eigenvalue weighted by molar-refractivity contribution is -0.137. The number of ether oxygens (including phenoxy) is 1. The predicted molar refractivity (Wildman–Crippen MR) is 129 cm³/mol. The van der Waals surface area contributed by atoms with Crippen LogP contribution in [0.2, 0.25) is 0 Å². The second-order valence-electron chi connectivity index (χ2n) is 7.92. The lowest BCUT2D eigenvalue weighted by Gasteiger charge is -2.20. The number of nitrogens with one attached hydrogen (secondary N) is 2. The summed E-state index contributed by atoms with van der Waals surface area (Å²) < 4.78 is 40.1. The Balaban J connectivity index is 2.08. The first-order chi connectivity index (χ1) is 16.5. The van der Waals surface area contributed by atoms with Crippen molar-refractivity contribution in [2.45, 2.75) is 33.2 Å². The number of aromatic hydroxyl groups is 1. The molecular weight excluding hydrogens is 476 g/mol. The maximum atomic E-state index is 12.9. The van der Waals surface area contributed by atoms with Crippen molar-refractivity contribution in [3.63, 3.8) is 0 Å². The summed E-state index contributed by atoms with van der Waals surface area (Å²) >= 11 is 0. The molecule has 0 bridgehead atoms. The van der Waals surface area contributed by atoms with Crippen LogP contribution in [0.4, 0.5) is 5.69 Å². The van der Waals surface area contributed by atoms with E-state index in [1.807, 2.05) is 6.92 Å². The van der Waals surface area contributed by atoms with Crippen molar-refractivity contribution in [2.24, 2.45) is 4.40 Å². The van der Waals surface area contributed by atoms with Crippen molar-refractivity contribution in [3.05, 3.63) is 58.0 Å². The summed E-state index contributed by atoms with van der Waals surface area (Å²) in [5.41, 5.74) is -0.103. The monoisotopic (exact) mass is 504 g/mol. The lowest BCUT2D eigenvalue weighted by Crippen LogP contribution is -2.30. The van der Waals surface area contributed by atoms with Crippen LogP contribution >= 0.6 is 0 Å². The van der Waals surface area contributed by atoms with Gasteiger partial charge in [0.05, 0.1) is 23.9 Å². The van der Waals surface area contributed by atoms with Gasteiger partial charge in [-0.15, -0.1) is 4.40 Å². The first-order valence-electron chi connectivity index (χ1n) is 10.9. The topological polar surface area (TPSA) is 151 Å². The van der Waals surface area contributed by atoms with Gasteiger partial charge in [-0.25, -0.2) is 4.79 Å². The van der Waals surface area contributed by atoms with E-state index < -0.39 is 38.6 Å². The van der Waals surface area contributed by atoms with Crippen molar-refractivity contribution in [1.82, 2.24) is 10.2 Å². The summed E-state index contributed by atoms with van der Waals surface area (Å²) in [6.07, 6.45) is 0.484. The molecule has 2 heterocycles. The Bertz CT molecular complexity index is 1310. The Morgan fingerprint density at radius 1 is 1.20 bits per heavy atom. The first-order valence-corrected chi connectivity index (χ1v) is 12.3. The number of hydrogen-bond acceptors (Lipinski definition) is 9. The largest absolute Gasteiger partial charge is 0.505 e. The Labute approximate surface area is 203 Å². The zero-order chi connectivity index (χ0) is 25.9. The molecule has 11 nitrogen and oxygen atoms in total. The number of phenols is 1. The number of anilines is 1. The fourth-order valence-corrected chi connectivity index (χ4v) is 4.60. The number of nitrogens with zero attached hydrogens (tertiary/aromatic N) is 2. The van der Waals surface area contributed by atoms with Gasteiger partial charge in [0.25, 0.3) is 15.9 Å². The fraction of sp³-hybridized carbons (Fsp3) is 0.348. The minimum atomic E-state index is -4.43. The number of sulfonamides is 1. The number of benzene rings is 1. The molecule has 0 spiro atoms. The molecule has 0 radical (unpaired) electrons. The molecule has 188 valence electrons. The van der Waals surface area contributed by atoms with Crippen molar-refractivity contribution in [3.8, 4) is 5.75 Å². The zero-order valence-electron chi connectivity index (χ0n) is 20.1. The van der Waals surface area contributed by atoms with Gasteiger partial charge in [-0.05, 0) is 44.5 Å². The number of para-hydroxylation sites is 1. The fourth-order valence-electron chi connectivity index (χ4n) is 3.45. The second-order valence-corrected chi connectivity index (χ2v) is 9.46. The van der Waals surface area contributed by atoms with Crippen LogP contribution in [0.25, 0.3) is 0 Å². The quantitative estimate of drug-likeness (QED) is 0.364. The summed E-state index contributed by atoms with van der Waals surface area (Å²) in [5, 5.41) is 16.5. The zero-order valence-corrected chi connectivity index (χ0v) is 20.9. The standard InChI is InChI=1S/C23H28N4O7S/c1-6-15(17-12-11-13(3)34-17)24-18-20(23(30)33-7-2)35(31,32)26-21(18)25-16-10-8-9-14(19(16)28)22(29)27(4)5/h8-12,15,24,28H,6-7H2,1-5H3,(H,25,26)/t15-/m1/s1. The third-order valence-corrected chi connectivity index (χ3v) is 6.46. The highest BCUT2D eigenvalue weighted by Gasteiger charge is 2.40. The maximum absolute atomic E-state index is 12.9. The molecule has 1 aliphatic heterocycles. The maximum Gasteiger partial charge on any atom is 0.354 e. The van der Waals surface area contributed by atoms with E-state index in [1.54, 1.807) is 26.0 Å². The smallest absolute Gasteiger partial charge is 0.354 e. The molecule has 1 atom stereocenters. The van der Waals surface area contributed by atoms with Gasteiger partial charge in [-0.2, -0.15) is 8.42 Å². The molecule has 0 unspecified atom stereocenters. The van der Waals surface area contributed by atoms with Gasteiger partial charge >= 0.3 is 5.97 Å². The highest BCUT2D eigenvalue weighted by atomic mass is 32.2. The number of carbonyl (C=O) groups excluding carboxylic acids is 2. The number of rotatable bonds is 8. The number of amidine groups is 1. The molecule has 0 saturated carbocycles. The van der Waals surface area contributed by atoms with E-state index in [4.69, 9.17) is 9.15 Å². The van der Waals surface area contributed by atoms with E-state index in [-0.39, 0.29) is 29.4 Å². The van der Waals surface area contributed by atoms with Gasteiger partial charge in [-0.3, -0.25) is 4.79 Å². The van der Waals surface area contributed by atoms with Gasteiger partial charge < -0.3 is 29.8 Å². The molecule has 2 aromatic rings. The molecule has 3 N–H and O–H groups in total. The average Bonchev–Trinajstić information content (AvgIpc) is 3.32. The third kappa shape index (κ3) is 5.32. The molecule has 35 heavy (non-hydrogen) atoms. The summed E-state index contributed by atoms with van der Waals surface area (Å²) in [6, 6.07) is 7.41. The van der Waals surface area contributed by atoms with E-state index in [2.05, 4.69) is 15.0 Å². The molecule has 0 saturated heterocycles. The second kappa shape index (κ2) is 10.2. The summed E-state index contributed by atoms with van der Waals surface area (Å²) in [5.74, 6) is -0.957. The highest BCUT2D eigenvalue weighted by molar-refractivity contribution is 7.95. The minimum absolute atomic E-state index is 0.00283. The minimum Gasteiger partial charge on any atom is -0.505 e. The van der Waals surface area contributed by atoms with E-state index >= 15 is 0 Å². The Morgan fingerprint density at radius 2 is 1.91 bits per heavy atom. The van der Waals surface area contributed by atoms with Crippen LogP contribution in [0, 0.1) is 6.92 Å². The Kier molecular flexibility index (Phi) is 7.54. The van der Waals surface area contributed by atoms with Crippen LogP contribution in [-0.4, -0.2) is 56.8 Å². The molecular formula is C23H28N4O7S. The molecule has 12 heteroatoms. The molecule has 3 rings (SSSR count). The van der Waals surface area contributed by atoms with E-state index in [9.17, 15) is 23.1 Å². The van der Waals surface area contributed by atoms with E-state index in [0.717, 1.165) is 0 Å². The number of furan rings is 1. The van der Waals surface area contributed by atoms with Crippen molar-refractivity contribution in [1.29, 1.82) is 0 Å². The molecule has 0 aliphatic carbocycles. The molecule has 1 aliphatic rings. The number of phenolic OH excluding ortho intramolecular Hbond substituents is 1. The van der Waals surface area contributed by atoms with Gasteiger partial charge in [-0.1, -0.05) is 13.0 Å². The summed E-state index contributed by atoms with van der Waals surface area (Å²) in [4.78, 5) is 25.7. The van der Waals surface area contributed by atoms with Crippen LogP contribution in [0.1, 0.15) is 48.2 Å². The lowest BCUT2D eigenvalue weighted by atomic mass is 10.1. The number of amides is 1. The van der Waals surface area contributed by atoms with Gasteiger partial charge in [0.2, 0.25) is 4.91 Å². The summed E-state index contributed by atoms with van der Waals surface area (Å²) in [7, 11) is -1.36. The van der Waals surface area contributed by atoms with Crippen LogP contribution in [0.15, 0.2) is 49.7 Å². The number of hydrogen-bond donors (Lipinski definition) is 3. The van der Waals surface area contributed by atoms with E-state index in [1.165, 1.54) is 37.2 Å². The van der Waals surface area contributed by atoms with Crippen LogP contribution < -0.4 is 10.6 Å². The van der Waals surface area contributed by atoms with E-state index in [0.29, 0.717) is 17.9 Å². The molecule has 1 aromatic heterocycles. The predicted octanol–water partition coefficient (Wildman–Crippen LogP) is 2.66. The molecule has 1 amide bonds. The van der Waals surface area contributed by atoms with Crippen LogP contribution in [0.5, 0.6) is 5.75 Å². The number of esters is 1. The van der Waals surface area contributed by atoms with Gasteiger partial charge in [0.1, 0.15) is 17.2 Å². The van der Waals surface area contributed by atoms with Gasteiger partial charge in [0.15, 0.2) is 11.6 Å². The number of carbonyl (C=O) groups is 2. The molecule has 0 fully saturated rings. The average molecular weight is 505 g/mol. The van der Waals surface area contributed by atoms with Crippen molar-refractivity contribution >= 4 is 33.4 Å². The SMILES string of the molecule is CCOC(=O)C1=C(N[C@H](CC)c2ccc(C)o2)C(Nc2cccc(C(=O)N(C)C)c2O)=NS1(=O)=O. The normalized spacial score (nSPS) is 15.4. The van der Waals surface area contributed by atoms with Crippen LogP contribution in [-0.2, 0) is 19.6 Å². The summed E-state index contributed by atoms with van der Waals surface area (Å²) in [6.45, 7) is 5.14. The first kappa shape index (κ1) is 25.8. The Hall–Kier alpha value is -3.80.